The van der Waals surface area contributed by atoms with Gasteiger partial charge >= 0.3 is 5.97 Å². The summed E-state index contributed by atoms with van der Waals surface area (Å²) in [5.74, 6) is 0.556. The summed E-state index contributed by atoms with van der Waals surface area (Å²) in [6, 6.07) is 7.36. The molecule has 3 nitrogen and oxygen atoms in total. The van der Waals surface area contributed by atoms with Gasteiger partial charge in [0.05, 0.1) is 5.92 Å². The Hall–Kier alpha value is -1.06. The van der Waals surface area contributed by atoms with Crippen LogP contribution in [0.25, 0.3) is 0 Å². The maximum atomic E-state index is 12.0. The third-order valence-electron chi connectivity index (χ3n) is 3.81. The van der Waals surface area contributed by atoms with E-state index in [0.29, 0.717) is 17.5 Å². The van der Waals surface area contributed by atoms with E-state index < -0.39 is 0 Å². The zero-order valence-electron chi connectivity index (χ0n) is 11.0. The highest BCUT2D eigenvalue weighted by Crippen LogP contribution is 2.29. The molecule has 1 aliphatic carbocycles. The Bertz CT molecular complexity index is 411. The molecule has 0 heterocycles. The van der Waals surface area contributed by atoms with Crippen LogP contribution in [0.4, 0.5) is 0 Å². The lowest BCUT2D eigenvalue weighted by Gasteiger charge is -2.26. The molecule has 1 aromatic rings. The van der Waals surface area contributed by atoms with Gasteiger partial charge in [0.2, 0.25) is 0 Å². The smallest absolute Gasteiger partial charge is 0.309 e. The first kappa shape index (κ1) is 14.4. The molecular formula is C15H20ClNO2. The predicted molar refractivity (Wildman–Crippen MR) is 75.8 cm³/mol. The Balaban J connectivity index is 1.77. The van der Waals surface area contributed by atoms with Crippen molar-refractivity contribution in [2.45, 2.75) is 32.3 Å². The van der Waals surface area contributed by atoms with Gasteiger partial charge in [-0.2, -0.15) is 0 Å². The van der Waals surface area contributed by atoms with E-state index in [1.807, 2.05) is 12.1 Å². The summed E-state index contributed by atoms with van der Waals surface area (Å²) in [7, 11) is 0. The van der Waals surface area contributed by atoms with Gasteiger partial charge in [0.15, 0.2) is 0 Å². The Morgan fingerprint density at radius 3 is 2.42 bits per heavy atom. The fourth-order valence-electron chi connectivity index (χ4n) is 2.49. The minimum atomic E-state index is -0.0783. The highest BCUT2D eigenvalue weighted by Gasteiger charge is 2.26. The summed E-state index contributed by atoms with van der Waals surface area (Å²) in [6.45, 7) is 1.05. The van der Waals surface area contributed by atoms with Crippen molar-refractivity contribution in [1.82, 2.24) is 0 Å². The Labute approximate surface area is 119 Å². The lowest BCUT2D eigenvalue weighted by atomic mass is 9.82. The molecule has 0 spiro atoms. The fourth-order valence-corrected chi connectivity index (χ4v) is 2.61. The van der Waals surface area contributed by atoms with Crippen LogP contribution in [0.2, 0.25) is 5.02 Å². The maximum Gasteiger partial charge on any atom is 0.309 e. The van der Waals surface area contributed by atoms with Gasteiger partial charge in [-0.3, -0.25) is 4.79 Å². The van der Waals surface area contributed by atoms with Crippen molar-refractivity contribution in [1.29, 1.82) is 0 Å². The lowest BCUT2D eigenvalue weighted by molar-refractivity contribution is -0.151. The molecule has 1 aromatic carbocycles. The predicted octanol–water partition coefficient (Wildman–Crippen LogP) is 3.15. The molecule has 2 rings (SSSR count). The molecule has 0 aromatic heterocycles. The van der Waals surface area contributed by atoms with Crippen LogP contribution in [-0.4, -0.2) is 12.5 Å². The molecule has 0 bridgehead atoms. The van der Waals surface area contributed by atoms with Crippen molar-refractivity contribution in [3.63, 3.8) is 0 Å². The SMILES string of the molecule is NCC1CCC(C(=O)OCc2ccc(Cl)cc2)CC1. The first-order valence-corrected chi connectivity index (χ1v) is 7.18. The monoisotopic (exact) mass is 281 g/mol. The fraction of sp³-hybridized carbons (Fsp3) is 0.533. The number of carbonyl (C=O) groups excluding carboxylic acids is 1. The molecule has 1 saturated carbocycles. The van der Waals surface area contributed by atoms with Crippen LogP contribution in [0.5, 0.6) is 0 Å². The summed E-state index contributed by atoms with van der Waals surface area (Å²) < 4.78 is 5.36. The highest BCUT2D eigenvalue weighted by atomic mass is 35.5. The Morgan fingerprint density at radius 2 is 1.84 bits per heavy atom. The number of esters is 1. The lowest BCUT2D eigenvalue weighted by Crippen LogP contribution is -2.26. The quantitative estimate of drug-likeness (QED) is 0.863. The molecule has 0 atom stereocenters. The van der Waals surface area contributed by atoms with Crippen molar-refractivity contribution in [3.05, 3.63) is 34.9 Å². The number of benzene rings is 1. The van der Waals surface area contributed by atoms with E-state index in [-0.39, 0.29) is 11.9 Å². The molecule has 0 radical (unpaired) electrons. The van der Waals surface area contributed by atoms with E-state index in [2.05, 4.69) is 0 Å². The highest BCUT2D eigenvalue weighted by molar-refractivity contribution is 6.30. The minimum Gasteiger partial charge on any atom is -0.461 e. The number of nitrogens with two attached hydrogens (primary N) is 1. The van der Waals surface area contributed by atoms with Gasteiger partial charge in [0, 0.05) is 5.02 Å². The summed E-state index contributed by atoms with van der Waals surface area (Å²) in [5.41, 5.74) is 6.61. The molecule has 0 amide bonds. The van der Waals surface area contributed by atoms with Gasteiger partial charge in [-0.1, -0.05) is 23.7 Å². The maximum absolute atomic E-state index is 12.0. The Morgan fingerprint density at radius 1 is 1.21 bits per heavy atom. The molecule has 1 fully saturated rings. The number of halogens is 1. The second kappa shape index (κ2) is 6.92. The number of ether oxygens (including phenoxy) is 1. The molecular weight excluding hydrogens is 262 g/mol. The van der Waals surface area contributed by atoms with Crippen LogP contribution in [0, 0.1) is 11.8 Å². The van der Waals surface area contributed by atoms with Crippen molar-refractivity contribution in [2.75, 3.05) is 6.54 Å². The molecule has 0 saturated heterocycles. The summed E-state index contributed by atoms with van der Waals surface area (Å²) in [4.78, 5) is 12.0. The molecule has 0 unspecified atom stereocenters. The largest absolute Gasteiger partial charge is 0.461 e. The first-order chi connectivity index (χ1) is 9.19. The topological polar surface area (TPSA) is 52.3 Å². The second-order valence-electron chi connectivity index (χ2n) is 5.19. The van der Waals surface area contributed by atoms with Crippen LogP contribution in [-0.2, 0) is 16.1 Å². The average Bonchev–Trinajstić information content (AvgIpc) is 2.46. The van der Waals surface area contributed by atoms with Crippen molar-refractivity contribution >= 4 is 17.6 Å². The third-order valence-corrected chi connectivity index (χ3v) is 4.06. The van der Waals surface area contributed by atoms with E-state index in [9.17, 15) is 4.79 Å². The third kappa shape index (κ3) is 4.22. The van der Waals surface area contributed by atoms with Gasteiger partial charge in [-0.05, 0) is 55.8 Å². The average molecular weight is 282 g/mol. The van der Waals surface area contributed by atoms with Gasteiger partial charge in [-0.25, -0.2) is 0 Å². The van der Waals surface area contributed by atoms with Crippen LogP contribution >= 0.6 is 11.6 Å². The van der Waals surface area contributed by atoms with E-state index in [1.165, 1.54) is 0 Å². The van der Waals surface area contributed by atoms with Crippen LogP contribution in [0.3, 0.4) is 0 Å². The number of hydrogen-bond donors (Lipinski definition) is 1. The summed E-state index contributed by atoms with van der Waals surface area (Å²) in [5, 5.41) is 0.690. The summed E-state index contributed by atoms with van der Waals surface area (Å²) >= 11 is 5.81. The molecule has 1 aliphatic rings. The molecule has 0 aliphatic heterocycles. The van der Waals surface area contributed by atoms with Crippen LogP contribution in [0.15, 0.2) is 24.3 Å². The number of carbonyl (C=O) groups is 1. The second-order valence-corrected chi connectivity index (χ2v) is 5.62. The Kier molecular flexibility index (Phi) is 5.23. The number of rotatable bonds is 4. The summed E-state index contributed by atoms with van der Waals surface area (Å²) in [6.07, 6.45) is 3.89. The molecule has 4 heteroatoms. The van der Waals surface area contributed by atoms with Crippen LogP contribution in [0.1, 0.15) is 31.2 Å². The molecule has 104 valence electrons. The van der Waals surface area contributed by atoms with Crippen LogP contribution < -0.4 is 5.73 Å². The van der Waals surface area contributed by atoms with E-state index in [0.717, 1.165) is 37.8 Å². The first-order valence-electron chi connectivity index (χ1n) is 6.80. The van der Waals surface area contributed by atoms with Gasteiger partial charge in [-0.15, -0.1) is 0 Å². The van der Waals surface area contributed by atoms with Crippen molar-refractivity contribution in [2.24, 2.45) is 17.6 Å². The minimum absolute atomic E-state index is 0.0510. The van der Waals surface area contributed by atoms with Gasteiger partial charge < -0.3 is 10.5 Å². The van der Waals surface area contributed by atoms with Crippen molar-refractivity contribution < 1.29 is 9.53 Å². The number of hydrogen-bond acceptors (Lipinski definition) is 3. The van der Waals surface area contributed by atoms with E-state index in [1.54, 1.807) is 12.1 Å². The molecule has 2 N–H and O–H groups in total. The zero-order chi connectivity index (χ0) is 13.7. The van der Waals surface area contributed by atoms with Crippen molar-refractivity contribution in [3.8, 4) is 0 Å². The van der Waals surface area contributed by atoms with E-state index in [4.69, 9.17) is 22.1 Å². The zero-order valence-corrected chi connectivity index (χ0v) is 11.7. The van der Waals surface area contributed by atoms with Gasteiger partial charge in [0.1, 0.15) is 6.61 Å². The van der Waals surface area contributed by atoms with Gasteiger partial charge in [0.25, 0.3) is 0 Å². The molecule has 19 heavy (non-hydrogen) atoms. The normalized spacial score (nSPS) is 23.1. The van der Waals surface area contributed by atoms with E-state index >= 15 is 0 Å². The standard InChI is InChI=1S/C15H20ClNO2/c16-14-7-3-12(4-8-14)10-19-15(18)13-5-1-11(9-17)2-6-13/h3-4,7-8,11,13H,1-2,5-6,9-10,17H2.